The van der Waals surface area contributed by atoms with Gasteiger partial charge in [0, 0.05) is 30.2 Å². The molecule has 0 aliphatic rings. The lowest BCUT2D eigenvalue weighted by Crippen LogP contribution is -2.23. The van der Waals surface area contributed by atoms with E-state index in [1.54, 1.807) is 7.11 Å². The first kappa shape index (κ1) is 18.4. The second-order valence-electron chi connectivity index (χ2n) is 6.23. The van der Waals surface area contributed by atoms with Crippen molar-refractivity contribution < 1.29 is 9.53 Å². The fourth-order valence-electron chi connectivity index (χ4n) is 2.63. The zero-order valence-electron chi connectivity index (χ0n) is 15.6. The summed E-state index contributed by atoms with van der Waals surface area (Å²) in [4.78, 5) is 20.8. The number of nitrogens with zero attached hydrogens (tertiary/aromatic N) is 2. The summed E-state index contributed by atoms with van der Waals surface area (Å²) in [5, 5.41) is 6.04. The van der Waals surface area contributed by atoms with E-state index >= 15 is 0 Å². The van der Waals surface area contributed by atoms with Crippen LogP contribution in [0.25, 0.3) is 0 Å². The first-order valence-electron chi connectivity index (χ1n) is 8.63. The van der Waals surface area contributed by atoms with Crippen molar-refractivity contribution in [2.75, 3.05) is 12.4 Å². The topological polar surface area (TPSA) is 76.1 Å². The summed E-state index contributed by atoms with van der Waals surface area (Å²) in [6.07, 6.45) is 3.02. The zero-order chi connectivity index (χ0) is 19.2. The predicted octanol–water partition coefficient (Wildman–Crippen LogP) is 3.78. The maximum Gasteiger partial charge on any atom is 0.254 e. The maximum absolute atomic E-state index is 12.3. The van der Waals surface area contributed by atoms with Gasteiger partial charge in [-0.3, -0.25) is 4.79 Å². The Kier molecular flexibility index (Phi) is 5.66. The monoisotopic (exact) mass is 362 g/mol. The van der Waals surface area contributed by atoms with Crippen molar-refractivity contribution in [2.24, 2.45) is 0 Å². The van der Waals surface area contributed by atoms with Gasteiger partial charge in [-0.1, -0.05) is 30.3 Å². The fraction of sp³-hybridized carbons (Fsp3) is 0.190. The van der Waals surface area contributed by atoms with Crippen molar-refractivity contribution >= 4 is 17.5 Å². The molecular formula is C21H22N4O2. The van der Waals surface area contributed by atoms with Crippen LogP contribution in [-0.4, -0.2) is 23.0 Å². The van der Waals surface area contributed by atoms with Crippen molar-refractivity contribution in [1.29, 1.82) is 0 Å². The average molecular weight is 362 g/mol. The predicted molar refractivity (Wildman–Crippen MR) is 105 cm³/mol. The number of hydrogen-bond acceptors (Lipinski definition) is 5. The Morgan fingerprint density at radius 3 is 2.56 bits per heavy atom. The highest BCUT2D eigenvalue weighted by Gasteiger charge is 2.09. The van der Waals surface area contributed by atoms with Crippen molar-refractivity contribution in [3.05, 3.63) is 77.1 Å². The third kappa shape index (κ3) is 4.61. The van der Waals surface area contributed by atoms with E-state index in [-0.39, 0.29) is 5.91 Å². The quantitative estimate of drug-likeness (QED) is 0.698. The fourth-order valence-corrected chi connectivity index (χ4v) is 2.63. The molecule has 1 heterocycles. The van der Waals surface area contributed by atoms with Crippen LogP contribution in [0.15, 0.2) is 54.9 Å². The lowest BCUT2D eigenvalue weighted by atomic mass is 10.1. The molecule has 6 heteroatoms. The molecule has 6 nitrogen and oxygen atoms in total. The van der Waals surface area contributed by atoms with Crippen LogP contribution < -0.4 is 15.4 Å². The number of para-hydroxylation sites is 1. The number of ether oxygens (including phenoxy) is 1. The molecule has 0 saturated carbocycles. The summed E-state index contributed by atoms with van der Waals surface area (Å²) in [7, 11) is 1.61. The second-order valence-corrected chi connectivity index (χ2v) is 6.23. The number of methoxy groups -OCH3 is 1. The number of aryl methyl sites for hydroxylation is 2. The number of amides is 1. The molecule has 3 aromatic rings. The number of carbonyl (C=O) groups excluding carboxylic acids is 1. The highest BCUT2D eigenvalue weighted by molar-refractivity contribution is 5.93. The van der Waals surface area contributed by atoms with Crippen LogP contribution in [0.5, 0.6) is 5.75 Å². The Morgan fingerprint density at radius 2 is 1.81 bits per heavy atom. The van der Waals surface area contributed by atoms with Crippen LogP contribution >= 0.6 is 0 Å². The minimum atomic E-state index is -0.237. The van der Waals surface area contributed by atoms with Crippen molar-refractivity contribution in [1.82, 2.24) is 15.3 Å². The molecule has 0 fully saturated rings. The summed E-state index contributed by atoms with van der Waals surface area (Å²) < 4.78 is 5.29. The van der Waals surface area contributed by atoms with E-state index in [1.807, 2.05) is 50.2 Å². The van der Waals surface area contributed by atoms with Gasteiger partial charge < -0.3 is 15.4 Å². The van der Waals surface area contributed by atoms with Gasteiger partial charge in [-0.2, -0.15) is 0 Å². The Labute approximate surface area is 158 Å². The maximum atomic E-state index is 12.3. The van der Waals surface area contributed by atoms with E-state index in [4.69, 9.17) is 4.74 Å². The molecule has 3 rings (SSSR count). The van der Waals surface area contributed by atoms with Gasteiger partial charge in [-0.25, -0.2) is 9.97 Å². The Balaban J connectivity index is 1.64. The molecule has 0 aliphatic carbocycles. The smallest absolute Gasteiger partial charge is 0.254 e. The minimum absolute atomic E-state index is 0.237. The first-order chi connectivity index (χ1) is 13.1. The summed E-state index contributed by atoms with van der Waals surface area (Å²) in [6.45, 7) is 4.41. The number of nitrogens with one attached hydrogen (secondary N) is 2. The van der Waals surface area contributed by atoms with Gasteiger partial charge in [0.1, 0.15) is 5.75 Å². The molecular weight excluding hydrogens is 340 g/mol. The molecule has 0 bridgehead atoms. The Hall–Kier alpha value is -3.41. The van der Waals surface area contributed by atoms with Crippen molar-refractivity contribution in [2.45, 2.75) is 20.4 Å². The summed E-state index contributed by atoms with van der Waals surface area (Å²) in [5.74, 6) is 0.950. The van der Waals surface area contributed by atoms with Crippen molar-refractivity contribution in [3.63, 3.8) is 0 Å². The van der Waals surface area contributed by atoms with E-state index < -0.39 is 0 Å². The highest BCUT2D eigenvalue weighted by atomic mass is 16.5. The molecule has 138 valence electrons. The number of carbonyl (C=O) groups is 1. The second kappa shape index (κ2) is 8.31. The van der Waals surface area contributed by atoms with E-state index in [0.717, 1.165) is 28.1 Å². The number of aromatic nitrogens is 2. The molecule has 0 unspecified atom stereocenters. The molecule has 0 radical (unpaired) electrons. The molecule has 0 atom stereocenters. The third-order valence-corrected chi connectivity index (χ3v) is 4.19. The van der Waals surface area contributed by atoms with Gasteiger partial charge in [0.05, 0.1) is 12.7 Å². The molecule has 1 amide bonds. The van der Waals surface area contributed by atoms with E-state index in [9.17, 15) is 4.79 Å². The van der Waals surface area contributed by atoms with Crippen LogP contribution in [0.2, 0.25) is 0 Å². The van der Waals surface area contributed by atoms with Crippen LogP contribution in [0.4, 0.5) is 11.6 Å². The summed E-state index contributed by atoms with van der Waals surface area (Å²) in [6, 6.07) is 13.7. The van der Waals surface area contributed by atoms with Crippen LogP contribution in [0.3, 0.4) is 0 Å². The largest absolute Gasteiger partial charge is 0.496 e. The Morgan fingerprint density at radius 1 is 1.07 bits per heavy atom. The molecule has 2 N–H and O–H groups in total. The van der Waals surface area contributed by atoms with E-state index in [1.165, 1.54) is 12.4 Å². The van der Waals surface area contributed by atoms with Crippen LogP contribution in [0.1, 0.15) is 27.0 Å². The van der Waals surface area contributed by atoms with Crippen LogP contribution in [0, 0.1) is 13.8 Å². The van der Waals surface area contributed by atoms with Crippen LogP contribution in [-0.2, 0) is 6.54 Å². The standard InChI is InChI=1S/C21H22N4O2/c1-14-8-9-15(2)18(10-14)25-21-23-12-17(13-24-21)20(26)22-11-16-6-4-5-7-19(16)27-3/h4-10,12-13H,11H2,1-3H3,(H,22,26)(H,23,24,25). The number of rotatable bonds is 6. The zero-order valence-corrected chi connectivity index (χ0v) is 15.6. The van der Waals surface area contributed by atoms with Gasteiger partial charge in [-0.15, -0.1) is 0 Å². The summed E-state index contributed by atoms with van der Waals surface area (Å²) >= 11 is 0. The molecule has 0 saturated heterocycles. The lowest BCUT2D eigenvalue weighted by molar-refractivity contribution is 0.0950. The molecule has 27 heavy (non-hydrogen) atoms. The van der Waals surface area contributed by atoms with E-state index in [2.05, 4.69) is 26.7 Å². The SMILES string of the molecule is COc1ccccc1CNC(=O)c1cnc(Nc2cc(C)ccc2C)nc1. The Bertz CT molecular complexity index is 939. The van der Waals surface area contributed by atoms with Gasteiger partial charge in [0.2, 0.25) is 5.95 Å². The normalized spacial score (nSPS) is 10.3. The third-order valence-electron chi connectivity index (χ3n) is 4.19. The lowest BCUT2D eigenvalue weighted by Gasteiger charge is -2.10. The summed E-state index contributed by atoms with van der Waals surface area (Å²) in [5.41, 5.74) is 4.50. The molecule has 0 spiro atoms. The average Bonchev–Trinajstić information content (AvgIpc) is 2.69. The van der Waals surface area contributed by atoms with E-state index in [0.29, 0.717) is 18.1 Å². The number of anilines is 2. The minimum Gasteiger partial charge on any atom is -0.496 e. The van der Waals surface area contributed by atoms with Gasteiger partial charge >= 0.3 is 0 Å². The van der Waals surface area contributed by atoms with Gasteiger partial charge in [0.15, 0.2) is 0 Å². The highest BCUT2D eigenvalue weighted by Crippen LogP contribution is 2.20. The number of hydrogen-bond donors (Lipinski definition) is 2. The molecule has 2 aromatic carbocycles. The number of benzene rings is 2. The molecule has 1 aromatic heterocycles. The molecule has 0 aliphatic heterocycles. The van der Waals surface area contributed by atoms with Crippen molar-refractivity contribution in [3.8, 4) is 5.75 Å². The van der Waals surface area contributed by atoms with Gasteiger partial charge in [-0.05, 0) is 37.1 Å². The van der Waals surface area contributed by atoms with Gasteiger partial charge in [0.25, 0.3) is 5.91 Å². The first-order valence-corrected chi connectivity index (χ1v) is 8.63.